The van der Waals surface area contributed by atoms with Gasteiger partial charge in [0.05, 0.1) is 0 Å². The second-order valence-electron chi connectivity index (χ2n) is 4.88. The van der Waals surface area contributed by atoms with Crippen LogP contribution in [-0.4, -0.2) is 12.3 Å². The molecule has 0 radical (unpaired) electrons. The molecule has 0 saturated carbocycles. The average Bonchev–Trinajstić information content (AvgIpc) is 2.46. The highest BCUT2D eigenvalue weighted by Gasteiger charge is 2.26. The monoisotopic (exact) mass is 287 g/mol. The summed E-state index contributed by atoms with van der Waals surface area (Å²) in [4.78, 5) is 0. The highest BCUT2D eigenvalue weighted by Crippen LogP contribution is 2.38. The third kappa shape index (κ3) is 3.01. The molecule has 4 heteroatoms. The second-order valence-corrected chi connectivity index (χ2v) is 6.32. The van der Waals surface area contributed by atoms with Gasteiger partial charge < -0.3 is 5.32 Å². The Morgan fingerprint density at radius 3 is 3.00 bits per heavy atom. The van der Waals surface area contributed by atoms with Crippen molar-refractivity contribution in [2.45, 2.75) is 32.1 Å². The van der Waals surface area contributed by atoms with Crippen molar-refractivity contribution in [3.8, 4) is 0 Å². The van der Waals surface area contributed by atoms with E-state index < -0.39 is 0 Å². The largest absolute Gasteiger partial charge is 0.310 e. The fourth-order valence-corrected chi connectivity index (χ4v) is 3.98. The molecule has 1 heterocycles. The van der Waals surface area contributed by atoms with Crippen molar-refractivity contribution >= 4 is 23.4 Å². The van der Waals surface area contributed by atoms with Crippen LogP contribution >= 0.6 is 23.4 Å². The highest BCUT2D eigenvalue weighted by molar-refractivity contribution is 7.98. The first-order valence-corrected chi connectivity index (χ1v) is 7.95. The first-order chi connectivity index (χ1) is 8.63. The van der Waals surface area contributed by atoms with E-state index in [1.807, 2.05) is 11.8 Å². The van der Waals surface area contributed by atoms with E-state index >= 15 is 0 Å². The van der Waals surface area contributed by atoms with Crippen molar-refractivity contribution in [3.05, 3.63) is 34.1 Å². The zero-order chi connectivity index (χ0) is 13.1. The Kier molecular flexibility index (Phi) is 4.93. The SMILES string of the molecule is CCCNC1c2cc(F)cc(Cl)c2CSCC1C. The lowest BCUT2D eigenvalue weighted by atomic mass is 9.92. The minimum atomic E-state index is -0.235. The number of halogens is 2. The standard InChI is InChI=1S/C14H19ClFNS/c1-3-4-17-14-9(2)7-18-8-12-11(14)5-10(16)6-13(12)15/h5-6,9,14,17H,3-4,7-8H2,1-2H3. The average molecular weight is 288 g/mol. The molecule has 0 aliphatic carbocycles. The van der Waals surface area contributed by atoms with Crippen molar-refractivity contribution in [2.75, 3.05) is 12.3 Å². The number of nitrogens with one attached hydrogen (secondary N) is 1. The molecule has 0 saturated heterocycles. The van der Waals surface area contributed by atoms with Crippen LogP contribution in [0.1, 0.15) is 37.4 Å². The molecule has 100 valence electrons. The topological polar surface area (TPSA) is 12.0 Å². The van der Waals surface area contributed by atoms with Gasteiger partial charge in [-0.1, -0.05) is 25.4 Å². The maximum atomic E-state index is 13.6. The van der Waals surface area contributed by atoms with E-state index in [2.05, 4.69) is 19.2 Å². The predicted molar refractivity (Wildman–Crippen MR) is 77.8 cm³/mol. The Morgan fingerprint density at radius 2 is 2.28 bits per heavy atom. The van der Waals surface area contributed by atoms with E-state index in [9.17, 15) is 4.39 Å². The molecule has 2 unspecified atom stereocenters. The molecule has 1 nitrogen and oxygen atoms in total. The zero-order valence-electron chi connectivity index (χ0n) is 10.8. The summed E-state index contributed by atoms with van der Waals surface area (Å²) in [7, 11) is 0. The molecule has 1 aliphatic heterocycles. The lowest BCUT2D eigenvalue weighted by Gasteiger charge is -2.25. The number of thioether (sulfide) groups is 1. The Hall–Kier alpha value is -0.250. The van der Waals surface area contributed by atoms with E-state index in [-0.39, 0.29) is 11.9 Å². The number of hydrogen-bond acceptors (Lipinski definition) is 2. The smallest absolute Gasteiger partial charge is 0.125 e. The molecule has 0 bridgehead atoms. The molecular formula is C14H19ClFNS. The summed E-state index contributed by atoms with van der Waals surface area (Å²) in [6, 6.07) is 3.29. The van der Waals surface area contributed by atoms with E-state index in [0.29, 0.717) is 10.9 Å². The van der Waals surface area contributed by atoms with Gasteiger partial charge in [0.25, 0.3) is 0 Å². The molecule has 1 N–H and O–H groups in total. The molecule has 0 spiro atoms. The molecule has 0 amide bonds. The van der Waals surface area contributed by atoms with E-state index in [1.54, 1.807) is 6.07 Å². The van der Waals surface area contributed by atoms with Gasteiger partial charge in [0.1, 0.15) is 5.82 Å². The van der Waals surface area contributed by atoms with Crippen molar-refractivity contribution < 1.29 is 4.39 Å². The van der Waals surface area contributed by atoms with Crippen LogP contribution in [-0.2, 0) is 5.75 Å². The first kappa shape index (κ1) is 14.2. The van der Waals surface area contributed by atoms with Crippen LogP contribution in [0.15, 0.2) is 12.1 Å². The van der Waals surface area contributed by atoms with Crippen LogP contribution in [0, 0.1) is 11.7 Å². The van der Waals surface area contributed by atoms with Gasteiger partial charge in [-0.25, -0.2) is 4.39 Å². The van der Waals surface area contributed by atoms with Crippen LogP contribution in [0.5, 0.6) is 0 Å². The Balaban J connectivity index is 2.40. The summed E-state index contributed by atoms with van der Waals surface area (Å²) in [6.07, 6.45) is 1.08. The molecule has 1 aliphatic rings. The summed E-state index contributed by atoms with van der Waals surface area (Å²) in [5, 5.41) is 4.10. The Labute approximate surface area is 117 Å². The van der Waals surface area contributed by atoms with Crippen molar-refractivity contribution in [2.24, 2.45) is 5.92 Å². The summed E-state index contributed by atoms with van der Waals surface area (Å²) in [6.45, 7) is 5.31. The van der Waals surface area contributed by atoms with Gasteiger partial charge in [-0.05, 0) is 47.9 Å². The third-order valence-electron chi connectivity index (χ3n) is 3.34. The predicted octanol–water partition coefficient (Wildman–Crippen LogP) is 4.40. The summed E-state index contributed by atoms with van der Waals surface area (Å²) >= 11 is 8.06. The molecule has 1 aromatic rings. The van der Waals surface area contributed by atoms with Gasteiger partial charge in [0.2, 0.25) is 0 Å². The lowest BCUT2D eigenvalue weighted by Crippen LogP contribution is -2.28. The van der Waals surface area contributed by atoms with E-state index in [0.717, 1.165) is 35.6 Å². The van der Waals surface area contributed by atoms with Gasteiger partial charge in [-0.15, -0.1) is 0 Å². The summed E-state index contributed by atoms with van der Waals surface area (Å²) in [5.74, 6) is 2.21. The number of fused-ring (bicyclic) bond motifs is 1. The van der Waals surface area contributed by atoms with Gasteiger partial charge in [0.15, 0.2) is 0 Å². The van der Waals surface area contributed by atoms with Gasteiger partial charge in [-0.2, -0.15) is 11.8 Å². The number of benzene rings is 1. The van der Waals surface area contributed by atoms with E-state index in [1.165, 1.54) is 6.07 Å². The van der Waals surface area contributed by atoms with Gasteiger partial charge >= 0.3 is 0 Å². The molecule has 1 aromatic carbocycles. The van der Waals surface area contributed by atoms with Crippen LogP contribution < -0.4 is 5.32 Å². The summed E-state index contributed by atoms with van der Waals surface area (Å²) in [5.41, 5.74) is 2.15. The maximum absolute atomic E-state index is 13.6. The minimum Gasteiger partial charge on any atom is -0.310 e. The fraction of sp³-hybridized carbons (Fsp3) is 0.571. The highest BCUT2D eigenvalue weighted by atomic mass is 35.5. The van der Waals surface area contributed by atoms with Crippen molar-refractivity contribution in [1.82, 2.24) is 5.32 Å². The molecule has 0 fully saturated rings. The van der Waals surface area contributed by atoms with Crippen LogP contribution in [0.4, 0.5) is 4.39 Å². The van der Waals surface area contributed by atoms with Crippen LogP contribution in [0.2, 0.25) is 5.02 Å². The Morgan fingerprint density at radius 1 is 1.50 bits per heavy atom. The molecule has 2 atom stereocenters. The van der Waals surface area contributed by atoms with Gasteiger partial charge in [0, 0.05) is 16.8 Å². The summed E-state index contributed by atoms with van der Waals surface area (Å²) < 4.78 is 13.6. The first-order valence-electron chi connectivity index (χ1n) is 6.42. The number of hydrogen-bond donors (Lipinski definition) is 1. The minimum absolute atomic E-state index is 0.211. The molecule has 0 aromatic heterocycles. The third-order valence-corrected chi connectivity index (χ3v) is 4.93. The van der Waals surface area contributed by atoms with Crippen LogP contribution in [0.3, 0.4) is 0 Å². The second kappa shape index (κ2) is 6.27. The normalized spacial score (nSPS) is 23.6. The molecular weight excluding hydrogens is 269 g/mol. The lowest BCUT2D eigenvalue weighted by molar-refractivity contribution is 0.417. The van der Waals surface area contributed by atoms with Crippen molar-refractivity contribution in [3.63, 3.8) is 0 Å². The Bertz CT molecular complexity index is 425. The quantitative estimate of drug-likeness (QED) is 0.884. The molecule has 18 heavy (non-hydrogen) atoms. The van der Waals surface area contributed by atoms with E-state index in [4.69, 9.17) is 11.6 Å². The van der Waals surface area contributed by atoms with Crippen LogP contribution in [0.25, 0.3) is 0 Å². The number of rotatable bonds is 3. The fourth-order valence-electron chi connectivity index (χ4n) is 2.41. The van der Waals surface area contributed by atoms with Gasteiger partial charge in [-0.3, -0.25) is 0 Å². The maximum Gasteiger partial charge on any atom is 0.125 e. The zero-order valence-corrected chi connectivity index (χ0v) is 12.4. The molecule has 2 rings (SSSR count). The van der Waals surface area contributed by atoms with Crippen molar-refractivity contribution in [1.29, 1.82) is 0 Å².